The van der Waals surface area contributed by atoms with Crippen molar-refractivity contribution in [2.24, 2.45) is 7.05 Å². The Morgan fingerprint density at radius 3 is 2.66 bits per heavy atom. The predicted molar refractivity (Wildman–Crippen MR) is 101 cm³/mol. The first kappa shape index (κ1) is 18.2. The lowest BCUT2D eigenvalue weighted by Crippen LogP contribution is -2.54. The topological polar surface area (TPSA) is 114 Å². The van der Waals surface area contributed by atoms with Crippen molar-refractivity contribution < 1.29 is 9.59 Å². The van der Waals surface area contributed by atoms with Crippen molar-refractivity contribution in [1.82, 2.24) is 44.6 Å². The minimum Gasteiger partial charge on any atom is -0.347 e. The Morgan fingerprint density at radius 1 is 1.10 bits per heavy atom. The van der Waals surface area contributed by atoms with Crippen molar-refractivity contribution in [2.75, 3.05) is 26.2 Å². The molecule has 1 N–H and O–H groups in total. The van der Waals surface area contributed by atoms with E-state index < -0.39 is 0 Å². The van der Waals surface area contributed by atoms with Gasteiger partial charge in [-0.15, -0.1) is 15.3 Å². The molecule has 1 atom stereocenters. The van der Waals surface area contributed by atoms with E-state index in [1.807, 2.05) is 4.57 Å². The minimum absolute atomic E-state index is 0.0781. The van der Waals surface area contributed by atoms with Crippen LogP contribution in [-0.2, 0) is 13.6 Å². The van der Waals surface area contributed by atoms with Crippen LogP contribution < -0.4 is 5.32 Å². The smallest absolute Gasteiger partial charge is 0.293 e. The summed E-state index contributed by atoms with van der Waals surface area (Å²) >= 11 is 0. The first-order valence-corrected chi connectivity index (χ1v) is 10.2. The minimum atomic E-state index is -0.180. The predicted octanol–water partition coefficient (Wildman–Crippen LogP) is -0.408. The van der Waals surface area contributed by atoms with Crippen LogP contribution in [0.1, 0.15) is 58.8 Å². The highest BCUT2D eigenvalue weighted by Gasteiger charge is 2.39. The van der Waals surface area contributed by atoms with Gasteiger partial charge in [-0.3, -0.25) is 19.2 Å². The van der Waals surface area contributed by atoms with E-state index in [4.69, 9.17) is 0 Å². The summed E-state index contributed by atoms with van der Waals surface area (Å²) in [5, 5.41) is 15.8. The molecule has 0 aromatic carbocycles. The summed E-state index contributed by atoms with van der Waals surface area (Å²) in [6.45, 7) is 3.35. The molecule has 2 amide bonds. The van der Waals surface area contributed by atoms with E-state index in [1.165, 1.54) is 11.0 Å². The normalized spacial score (nSPS) is 22.4. The maximum atomic E-state index is 12.8. The number of piperazine rings is 1. The van der Waals surface area contributed by atoms with Crippen molar-refractivity contribution in [2.45, 2.75) is 44.3 Å². The molecule has 4 heterocycles. The van der Waals surface area contributed by atoms with Gasteiger partial charge in [-0.1, -0.05) is 12.8 Å². The van der Waals surface area contributed by atoms with E-state index in [1.54, 1.807) is 11.9 Å². The van der Waals surface area contributed by atoms with Gasteiger partial charge in [-0.2, -0.15) is 0 Å². The van der Waals surface area contributed by atoms with Crippen molar-refractivity contribution in [1.29, 1.82) is 0 Å². The van der Waals surface area contributed by atoms with Crippen LogP contribution >= 0.6 is 0 Å². The summed E-state index contributed by atoms with van der Waals surface area (Å²) < 4.78 is 3.44. The molecule has 2 aliphatic heterocycles. The van der Waals surface area contributed by atoms with E-state index in [0.29, 0.717) is 25.5 Å². The third kappa shape index (κ3) is 3.28. The fourth-order valence-corrected chi connectivity index (χ4v) is 4.59. The number of carbonyl (C=O) groups is 2. The SMILES string of the molecule is Cn1cnc(C(=O)N2CCN3CCn4c(C(=O)NC5CCCC5)nnc4[C@@H]3C2)n1. The molecule has 5 rings (SSSR count). The molecule has 1 saturated carbocycles. The monoisotopic (exact) mass is 399 g/mol. The van der Waals surface area contributed by atoms with E-state index in [2.05, 4.69) is 30.5 Å². The Hall–Kier alpha value is -2.82. The van der Waals surface area contributed by atoms with Gasteiger partial charge in [-0.05, 0) is 12.8 Å². The van der Waals surface area contributed by atoms with Crippen molar-refractivity contribution in [3.63, 3.8) is 0 Å². The van der Waals surface area contributed by atoms with Crippen LogP contribution in [0.3, 0.4) is 0 Å². The quantitative estimate of drug-likeness (QED) is 0.746. The van der Waals surface area contributed by atoms with Gasteiger partial charge in [0.1, 0.15) is 6.33 Å². The molecule has 0 radical (unpaired) electrons. The van der Waals surface area contributed by atoms with Crippen LogP contribution in [0.25, 0.3) is 0 Å². The second-order valence-corrected chi connectivity index (χ2v) is 8.03. The molecule has 2 fully saturated rings. The van der Waals surface area contributed by atoms with Gasteiger partial charge in [0.25, 0.3) is 11.8 Å². The molecule has 0 spiro atoms. The van der Waals surface area contributed by atoms with Crippen LogP contribution in [0.5, 0.6) is 0 Å². The molecule has 154 valence electrons. The Morgan fingerprint density at radius 2 is 1.90 bits per heavy atom. The molecule has 11 heteroatoms. The van der Waals surface area contributed by atoms with Gasteiger partial charge < -0.3 is 14.8 Å². The van der Waals surface area contributed by atoms with Crippen molar-refractivity contribution in [3.05, 3.63) is 23.8 Å². The molecule has 0 bridgehead atoms. The van der Waals surface area contributed by atoms with Gasteiger partial charge >= 0.3 is 0 Å². The Labute approximate surface area is 168 Å². The third-order valence-corrected chi connectivity index (χ3v) is 6.15. The van der Waals surface area contributed by atoms with Crippen LogP contribution in [0.2, 0.25) is 0 Å². The molecule has 3 aliphatic rings. The van der Waals surface area contributed by atoms with Gasteiger partial charge in [0.05, 0.1) is 6.04 Å². The summed E-state index contributed by atoms with van der Waals surface area (Å²) in [5.74, 6) is 1.00. The third-order valence-electron chi connectivity index (χ3n) is 6.15. The summed E-state index contributed by atoms with van der Waals surface area (Å²) in [5.41, 5.74) is 0. The molecule has 1 saturated heterocycles. The average Bonchev–Trinajstić information content (AvgIpc) is 3.47. The summed E-state index contributed by atoms with van der Waals surface area (Å²) in [4.78, 5) is 33.6. The number of fused-ring (bicyclic) bond motifs is 3. The first-order valence-electron chi connectivity index (χ1n) is 10.2. The van der Waals surface area contributed by atoms with Crippen LogP contribution in [0, 0.1) is 0 Å². The molecule has 2 aromatic heterocycles. The fourth-order valence-electron chi connectivity index (χ4n) is 4.59. The molecule has 2 aromatic rings. The number of rotatable bonds is 3. The average molecular weight is 399 g/mol. The first-order chi connectivity index (χ1) is 14.1. The lowest BCUT2D eigenvalue weighted by atomic mass is 10.1. The van der Waals surface area contributed by atoms with Gasteiger partial charge in [0.15, 0.2) is 5.82 Å². The van der Waals surface area contributed by atoms with Crippen LogP contribution in [0.15, 0.2) is 6.33 Å². The Kier molecular flexibility index (Phi) is 4.53. The van der Waals surface area contributed by atoms with Crippen molar-refractivity contribution >= 4 is 11.8 Å². The molecule has 29 heavy (non-hydrogen) atoms. The van der Waals surface area contributed by atoms with Crippen LogP contribution in [0.4, 0.5) is 0 Å². The molecule has 1 aliphatic carbocycles. The van der Waals surface area contributed by atoms with Gasteiger partial charge in [0.2, 0.25) is 11.6 Å². The second kappa shape index (κ2) is 7.21. The zero-order valence-electron chi connectivity index (χ0n) is 16.5. The lowest BCUT2D eigenvalue weighted by Gasteiger charge is -2.43. The van der Waals surface area contributed by atoms with E-state index in [0.717, 1.165) is 44.6 Å². The number of hydrogen-bond acceptors (Lipinski definition) is 7. The number of nitrogens with zero attached hydrogens (tertiary/aromatic N) is 8. The highest BCUT2D eigenvalue weighted by Crippen LogP contribution is 2.29. The number of aromatic nitrogens is 6. The van der Waals surface area contributed by atoms with Gasteiger partial charge in [-0.25, -0.2) is 4.98 Å². The number of hydrogen-bond donors (Lipinski definition) is 1. The zero-order valence-corrected chi connectivity index (χ0v) is 16.5. The Balaban J connectivity index is 1.34. The largest absolute Gasteiger partial charge is 0.347 e. The number of carbonyl (C=O) groups excluding carboxylic acids is 2. The maximum absolute atomic E-state index is 12.8. The summed E-state index contributed by atoms with van der Waals surface area (Å²) in [6.07, 6.45) is 5.91. The van der Waals surface area contributed by atoms with Gasteiger partial charge in [0, 0.05) is 45.8 Å². The summed E-state index contributed by atoms with van der Waals surface area (Å²) in [6, 6.07) is 0.162. The Bertz CT molecular complexity index is 930. The van der Waals surface area contributed by atoms with Crippen LogP contribution in [-0.4, -0.2) is 83.4 Å². The molecular formula is C18H25N9O2. The van der Waals surface area contributed by atoms with E-state index in [-0.39, 0.29) is 29.7 Å². The van der Waals surface area contributed by atoms with Crippen molar-refractivity contribution in [3.8, 4) is 0 Å². The number of aryl methyl sites for hydroxylation is 1. The zero-order chi connectivity index (χ0) is 20.0. The maximum Gasteiger partial charge on any atom is 0.293 e. The number of amides is 2. The highest BCUT2D eigenvalue weighted by molar-refractivity contribution is 5.91. The summed E-state index contributed by atoms with van der Waals surface area (Å²) in [7, 11) is 1.74. The van der Waals surface area contributed by atoms with E-state index >= 15 is 0 Å². The second-order valence-electron chi connectivity index (χ2n) is 8.03. The molecule has 0 unspecified atom stereocenters. The lowest BCUT2D eigenvalue weighted by molar-refractivity contribution is 0.0364. The van der Waals surface area contributed by atoms with E-state index in [9.17, 15) is 9.59 Å². The highest BCUT2D eigenvalue weighted by atomic mass is 16.2. The number of nitrogens with one attached hydrogen (secondary N) is 1. The fraction of sp³-hybridized carbons (Fsp3) is 0.667. The standard InChI is InChI=1S/C18H25N9O2/c1-24-11-19-14(23-24)18(29)26-7-6-25-8-9-27-15(13(25)10-26)21-22-16(27)17(28)20-12-4-2-3-5-12/h11-13H,2-10H2,1H3,(H,20,28)/t13-/m0/s1. The molecule has 11 nitrogen and oxygen atoms in total. The molecular weight excluding hydrogens is 374 g/mol.